The molecule has 1 atom stereocenters. The highest BCUT2D eigenvalue weighted by atomic mass is 32.2. The lowest BCUT2D eigenvalue weighted by Crippen LogP contribution is -2.42. The Morgan fingerprint density at radius 1 is 1.29 bits per heavy atom. The molecule has 2 aliphatic heterocycles. The molecule has 2 heterocycles. The fourth-order valence-electron chi connectivity index (χ4n) is 2.68. The molecular weight excluding hydrogens is 190 g/mol. The quantitative estimate of drug-likeness (QED) is 0.640. The highest BCUT2D eigenvalue weighted by Crippen LogP contribution is 2.47. The zero-order chi connectivity index (χ0) is 9.60. The van der Waals surface area contributed by atoms with Crippen molar-refractivity contribution in [3.05, 3.63) is 35.4 Å². The van der Waals surface area contributed by atoms with E-state index in [1.54, 1.807) is 11.1 Å². The lowest BCUT2D eigenvalue weighted by molar-refractivity contribution is 0.197. The molecule has 0 N–H and O–H groups in total. The first-order valence-electron chi connectivity index (χ1n) is 5.28. The summed E-state index contributed by atoms with van der Waals surface area (Å²) < 4.78 is 0. The monoisotopic (exact) mass is 205 g/mol. The Bertz CT molecular complexity index is 363. The van der Waals surface area contributed by atoms with Crippen molar-refractivity contribution in [2.75, 3.05) is 18.8 Å². The van der Waals surface area contributed by atoms with E-state index >= 15 is 0 Å². The minimum Gasteiger partial charge on any atom is -0.284 e. The lowest BCUT2D eigenvalue weighted by atomic mass is 9.93. The van der Waals surface area contributed by atoms with Crippen molar-refractivity contribution in [3.8, 4) is 0 Å². The molecule has 14 heavy (non-hydrogen) atoms. The second-order valence-electron chi connectivity index (χ2n) is 4.23. The van der Waals surface area contributed by atoms with Crippen molar-refractivity contribution in [2.24, 2.45) is 0 Å². The van der Waals surface area contributed by atoms with Gasteiger partial charge in [0, 0.05) is 18.8 Å². The number of rotatable bonds is 0. The van der Waals surface area contributed by atoms with Crippen LogP contribution in [0.2, 0.25) is 0 Å². The maximum atomic E-state index is 2.62. The van der Waals surface area contributed by atoms with E-state index in [0.717, 1.165) is 0 Å². The average molecular weight is 205 g/mol. The average Bonchev–Trinajstić information content (AvgIpc) is 2.60. The van der Waals surface area contributed by atoms with Crippen LogP contribution in [0.5, 0.6) is 0 Å². The molecule has 0 radical (unpaired) electrons. The van der Waals surface area contributed by atoms with Gasteiger partial charge in [-0.3, -0.25) is 4.90 Å². The fourth-order valence-corrected chi connectivity index (χ4v) is 4.11. The fraction of sp³-hybridized carbons (Fsp3) is 0.500. The van der Waals surface area contributed by atoms with Gasteiger partial charge in [0.25, 0.3) is 0 Å². The van der Waals surface area contributed by atoms with Gasteiger partial charge in [0.05, 0.1) is 4.87 Å². The molecule has 1 aromatic rings. The third kappa shape index (κ3) is 1.07. The van der Waals surface area contributed by atoms with Crippen LogP contribution < -0.4 is 0 Å². The van der Waals surface area contributed by atoms with Crippen LogP contribution in [-0.2, 0) is 11.3 Å². The molecule has 74 valence electrons. The van der Waals surface area contributed by atoms with Crippen LogP contribution in [0.15, 0.2) is 24.3 Å². The lowest BCUT2D eigenvalue weighted by Gasteiger charge is -2.40. The van der Waals surface area contributed by atoms with E-state index in [-0.39, 0.29) is 4.87 Å². The predicted molar refractivity (Wildman–Crippen MR) is 61.5 cm³/mol. The zero-order valence-electron chi connectivity index (χ0n) is 8.49. The third-order valence-corrected chi connectivity index (χ3v) is 4.94. The molecule has 1 unspecified atom stereocenters. The topological polar surface area (TPSA) is 3.24 Å². The SMILES string of the molecule is CC12SCCN1CCc1ccccc12. The van der Waals surface area contributed by atoms with E-state index in [4.69, 9.17) is 0 Å². The van der Waals surface area contributed by atoms with Crippen molar-refractivity contribution in [1.82, 2.24) is 4.90 Å². The smallest absolute Gasteiger partial charge is 0.0901 e. The number of thioether (sulfide) groups is 1. The molecule has 3 rings (SSSR count). The van der Waals surface area contributed by atoms with E-state index in [9.17, 15) is 0 Å². The number of hydrogen-bond acceptors (Lipinski definition) is 2. The van der Waals surface area contributed by atoms with Crippen molar-refractivity contribution < 1.29 is 0 Å². The van der Waals surface area contributed by atoms with Crippen molar-refractivity contribution in [2.45, 2.75) is 18.2 Å². The molecular formula is C12H15NS. The largest absolute Gasteiger partial charge is 0.284 e. The van der Waals surface area contributed by atoms with E-state index in [0.29, 0.717) is 0 Å². The Labute approximate surface area is 89.5 Å². The second-order valence-corrected chi connectivity index (χ2v) is 5.72. The Balaban J connectivity index is 2.15. The molecule has 1 saturated heterocycles. The van der Waals surface area contributed by atoms with Crippen LogP contribution in [0.4, 0.5) is 0 Å². The summed E-state index contributed by atoms with van der Waals surface area (Å²) in [6.07, 6.45) is 1.23. The van der Waals surface area contributed by atoms with E-state index in [1.165, 1.54) is 25.3 Å². The van der Waals surface area contributed by atoms with Crippen LogP contribution in [-0.4, -0.2) is 23.7 Å². The van der Waals surface area contributed by atoms with Gasteiger partial charge in [0.15, 0.2) is 0 Å². The number of nitrogens with zero attached hydrogens (tertiary/aromatic N) is 1. The summed E-state index contributed by atoms with van der Waals surface area (Å²) in [7, 11) is 0. The summed E-state index contributed by atoms with van der Waals surface area (Å²) in [5, 5.41) is 0. The van der Waals surface area contributed by atoms with Crippen molar-refractivity contribution in [1.29, 1.82) is 0 Å². The molecule has 1 fully saturated rings. The Morgan fingerprint density at radius 2 is 2.14 bits per heavy atom. The summed E-state index contributed by atoms with van der Waals surface area (Å²) in [5.41, 5.74) is 3.11. The summed E-state index contributed by atoms with van der Waals surface area (Å²) >= 11 is 2.10. The van der Waals surface area contributed by atoms with Crippen LogP contribution in [0.1, 0.15) is 18.1 Å². The Morgan fingerprint density at radius 3 is 3.07 bits per heavy atom. The van der Waals surface area contributed by atoms with Gasteiger partial charge in [-0.2, -0.15) is 0 Å². The maximum Gasteiger partial charge on any atom is 0.0901 e. The summed E-state index contributed by atoms with van der Waals surface area (Å²) in [5.74, 6) is 1.28. The summed E-state index contributed by atoms with van der Waals surface area (Å²) in [6, 6.07) is 8.93. The molecule has 1 aromatic carbocycles. The predicted octanol–water partition coefficient (Wildman–Crippen LogP) is 2.46. The van der Waals surface area contributed by atoms with Crippen LogP contribution >= 0.6 is 11.8 Å². The number of hydrogen-bond donors (Lipinski definition) is 0. The van der Waals surface area contributed by atoms with Gasteiger partial charge in [0.1, 0.15) is 0 Å². The van der Waals surface area contributed by atoms with Gasteiger partial charge in [-0.15, -0.1) is 11.8 Å². The van der Waals surface area contributed by atoms with Gasteiger partial charge < -0.3 is 0 Å². The van der Waals surface area contributed by atoms with Gasteiger partial charge in [-0.1, -0.05) is 24.3 Å². The number of fused-ring (bicyclic) bond motifs is 3. The highest BCUT2D eigenvalue weighted by molar-refractivity contribution is 8.00. The first-order valence-corrected chi connectivity index (χ1v) is 6.27. The minimum atomic E-state index is 0.273. The summed E-state index contributed by atoms with van der Waals surface area (Å²) in [4.78, 5) is 2.90. The first kappa shape index (κ1) is 8.81. The molecule has 0 aromatic heterocycles. The van der Waals surface area contributed by atoms with Gasteiger partial charge in [-0.05, 0) is 24.5 Å². The van der Waals surface area contributed by atoms with Gasteiger partial charge >= 0.3 is 0 Å². The van der Waals surface area contributed by atoms with Crippen LogP contribution in [0, 0.1) is 0 Å². The molecule has 1 nitrogen and oxygen atoms in total. The zero-order valence-corrected chi connectivity index (χ0v) is 9.31. The molecule has 2 aliphatic rings. The van der Waals surface area contributed by atoms with Gasteiger partial charge in [-0.25, -0.2) is 0 Å². The first-order chi connectivity index (χ1) is 6.81. The van der Waals surface area contributed by atoms with Crippen LogP contribution in [0.25, 0.3) is 0 Å². The maximum absolute atomic E-state index is 2.62. The van der Waals surface area contributed by atoms with Crippen molar-refractivity contribution >= 4 is 11.8 Å². The highest BCUT2D eigenvalue weighted by Gasteiger charge is 2.42. The Hall–Kier alpha value is -0.470. The molecule has 0 aliphatic carbocycles. The van der Waals surface area contributed by atoms with Crippen molar-refractivity contribution in [3.63, 3.8) is 0 Å². The van der Waals surface area contributed by atoms with Gasteiger partial charge in [0.2, 0.25) is 0 Å². The molecule has 0 bridgehead atoms. The molecule has 0 amide bonds. The summed E-state index contributed by atoms with van der Waals surface area (Å²) in [6.45, 7) is 4.87. The van der Waals surface area contributed by atoms with E-state index in [1.807, 2.05) is 0 Å². The molecule has 0 spiro atoms. The van der Waals surface area contributed by atoms with E-state index < -0.39 is 0 Å². The Kier molecular flexibility index (Phi) is 1.89. The second kappa shape index (κ2) is 3.01. The third-order valence-electron chi connectivity index (χ3n) is 3.52. The number of benzene rings is 1. The van der Waals surface area contributed by atoms with Crippen LogP contribution in [0.3, 0.4) is 0 Å². The normalized spacial score (nSPS) is 31.2. The minimum absolute atomic E-state index is 0.273. The van der Waals surface area contributed by atoms with E-state index in [2.05, 4.69) is 47.9 Å². The molecule has 0 saturated carbocycles. The standard InChI is InChI=1S/C12H15NS/c1-12-11-5-3-2-4-10(11)6-7-13(12)8-9-14-12/h2-5H,6-9H2,1H3. The molecule has 2 heteroatoms.